The lowest BCUT2D eigenvalue weighted by molar-refractivity contribution is -0.396. The number of nitrogens with zero attached hydrogens (tertiary/aromatic N) is 3. The molecule has 0 saturated carbocycles. The van der Waals surface area contributed by atoms with Crippen LogP contribution in [-0.2, 0) is 13.2 Å². The molecule has 0 aliphatic heterocycles. The summed E-state index contributed by atoms with van der Waals surface area (Å²) in [5.41, 5.74) is 2.05. The van der Waals surface area contributed by atoms with Gasteiger partial charge in [0.2, 0.25) is 0 Å². The fraction of sp³-hybridized carbons (Fsp3) is 0.118. The van der Waals surface area contributed by atoms with Crippen LogP contribution in [0.1, 0.15) is 11.1 Å². The second-order valence-corrected chi connectivity index (χ2v) is 5.03. The van der Waals surface area contributed by atoms with E-state index in [-0.39, 0.29) is 5.95 Å². The number of aromatic nitrogens is 2. The molecule has 3 rings (SSSR count). The quantitative estimate of drug-likeness (QED) is 0.517. The Morgan fingerprint density at radius 3 is 2.48 bits per heavy atom. The molecule has 0 N–H and O–H groups in total. The van der Waals surface area contributed by atoms with Crippen molar-refractivity contribution < 1.29 is 9.66 Å². The minimum atomic E-state index is -0.489. The summed E-state index contributed by atoms with van der Waals surface area (Å²) in [5, 5.41) is 10.8. The van der Waals surface area contributed by atoms with E-state index < -0.39 is 4.92 Å². The van der Waals surface area contributed by atoms with Gasteiger partial charge in [0.1, 0.15) is 24.8 Å². The van der Waals surface area contributed by atoms with E-state index in [1.54, 1.807) is 6.20 Å². The molecule has 2 aromatic carbocycles. The molecule has 1 aromatic heterocycles. The van der Waals surface area contributed by atoms with Crippen molar-refractivity contribution in [2.75, 3.05) is 0 Å². The van der Waals surface area contributed by atoms with Crippen LogP contribution < -0.4 is 4.74 Å². The normalized spacial score (nSPS) is 10.4. The highest BCUT2D eigenvalue weighted by Crippen LogP contribution is 2.17. The summed E-state index contributed by atoms with van der Waals surface area (Å²) in [5.74, 6) is 0.604. The van der Waals surface area contributed by atoms with Crippen LogP contribution in [0.3, 0.4) is 0 Å². The van der Waals surface area contributed by atoms with Crippen molar-refractivity contribution in [2.24, 2.45) is 0 Å². The van der Waals surface area contributed by atoms with Gasteiger partial charge in [0.05, 0.1) is 6.54 Å². The predicted octanol–water partition coefficient (Wildman–Crippen LogP) is 3.42. The third-order valence-electron chi connectivity index (χ3n) is 3.38. The van der Waals surface area contributed by atoms with Crippen molar-refractivity contribution in [3.8, 4) is 5.75 Å². The van der Waals surface area contributed by atoms with Crippen LogP contribution in [-0.4, -0.2) is 14.5 Å². The first-order valence-electron chi connectivity index (χ1n) is 7.13. The molecule has 23 heavy (non-hydrogen) atoms. The summed E-state index contributed by atoms with van der Waals surface area (Å²) in [6.45, 7) is 0.905. The van der Waals surface area contributed by atoms with Gasteiger partial charge in [-0.25, -0.2) is 4.57 Å². The van der Waals surface area contributed by atoms with Crippen molar-refractivity contribution in [1.82, 2.24) is 9.55 Å². The molecule has 0 spiro atoms. The predicted molar refractivity (Wildman–Crippen MR) is 85.2 cm³/mol. The molecule has 0 unspecified atom stereocenters. The number of hydrogen-bond donors (Lipinski definition) is 0. The second-order valence-electron chi connectivity index (χ2n) is 5.03. The second kappa shape index (κ2) is 6.74. The summed E-state index contributed by atoms with van der Waals surface area (Å²) >= 11 is 0. The zero-order valence-electron chi connectivity index (χ0n) is 12.3. The number of ether oxygens (including phenoxy) is 1. The van der Waals surface area contributed by atoms with Crippen LogP contribution in [0.4, 0.5) is 5.95 Å². The molecule has 0 radical (unpaired) electrons. The third-order valence-corrected chi connectivity index (χ3v) is 3.38. The lowest BCUT2D eigenvalue weighted by atomic mass is 10.2. The molecule has 0 aliphatic rings. The third kappa shape index (κ3) is 3.74. The Kier molecular flexibility index (Phi) is 4.33. The molecule has 0 aliphatic carbocycles. The van der Waals surface area contributed by atoms with Crippen LogP contribution in [0.25, 0.3) is 0 Å². The van der Waals surface area contributed by atoms with Crippen molar-refractivity contribution in [3.05, 3.63) is 88.2 Å². The number of hydrogen-bond acceptors (Lipinski definition) is 4. The Morgan fingerprint density at radius 2 is 1.78 bits per heavy atom. The molecule has 6 nitrogen and oxygen atoms in total. The molecule has 1 heterocycles. The maximum absolute atomic E-state index is 10.8. The molecule has 0 fully saturated rings. The van der Waals surface area contributed by atoms with Gasteiger partial charge >= 0.3 is 5.95 Å². The van der Waals surface area contributed by atoms with Crippen molar-refractivity contribution in [1.29, 1.82) is 0 Å². The Hall–Kier alpha value is -3.15. The van der Waals surface area contributed by atoms with E-state index in [2.05, 4.69) is 4.98 Å². The van der Waals surface area contributed by atoms with Crippen molar-refractivity contribution >= 4 is 5.95 Å². The van der Waals surface area contributed by atoms with Crippen LogP contribution in [0.15, 0.2) is 67.0 Å². The van der Waals surface area contributed by atoms with Crippen LogP contribution in [0.5, 0.6) is 5.75 Å². The monoisotopic (exact) mass is 309 g/mol. The van der Waals surface area contributed by atoms with Crippen LogP contribution >= 0.6 is 0 Å². The van der Waals surface area contributed by atoms with E-state index in [1.807, 2.05) is 54.6 Å². The Balaban J connectivity index is 1.63. The van der Waals surface area contributed by atoms with Crippen LogP contribution in [0, 0.1) is 10.1 Å². The highest BCUT2D eigenvalue weighted by atomic mass is 16.6. The minimum Gasteiger partial charge on any atom is -0.489 e. The lowest BCUT2D eigenvalue weighted by Crippen LogP contribution is -2.04. The van der Waals surface area contributed by atoms with Gasteiger partial charge in [-0.1, -0.05) is 47.4 Å². The molecule has 3 aromatic rings. The molecule has 0 bridgehead atoms. The summed E-state index contributed by atoms with van der Waals surface area (Å²) in [6, 6.07) is 17.4. The molecule has 116 valence electrons. The maximum Gasteiger partial charge on any atom is 0.434 e. The van der Waals surface area contributed by atoms with E-state index in [9.17, 15) is 10.1 Å². The summed E-state index contributed by atoms with van der Waals surface area (Å²) in [7, 11) is 0. The fourth-order valence-corrected chi connectivity index (χ4v) is 2.23. The van der Waals surface area contributed by atoms with Crippen molar-refractivity contribution in [3.63, 3.8) is 0 Å². The lowest BCUT2D eigenvalue weighted by Gasteiger charge is -2.07. The molecular formula is C17H15N3O3. The maximum atomic E-state index is 10.8. The van der Waals surface area contributed by atoms with Gasteiger partial charge in [-0.15, -0.1) is 0 Å². The summed E-state index contributed by atoms with van der Waals surface area (Å²) < 4.78 is 7.22. The molecule has 0 atom stereocenters. The first-order chi connectivity index (χ1) is 11.2. The molecule has 0 amide bonds. The molecule has 0 saturated heterocycles. The zero-order valence-corrected chi connectivity index (χ0v) is 12.3. The zero-order chi connectivity index (χ0) is 16.1. The van der Waals surface area contributed by atoms with Gasteiger partial charge < -0.3 is 14.9 Å². The SMILES string of the molecule is O=[N+]([O-])c1nccn1Cc1ccc(OCc2ccccc2)cc1. The van der Waals surface area contributed by atoms with Gasteiger partial charge in [0, 0.05) is 0 Å². The van der Waals surface area contributed by atoms with Gasteiger partial charge in [-0.2, -0.15) is 0 Å². The highest BCUT2D eigenvalue weighted by molar-refractivity contribution is 5.28. The number of imidazole rings is 1. The first-order valence-corrected chi connectivity index (χ1v) is 7.13. The average Bonchev–Trinajstić information content (AvgIpc) is 3.04. The number of benzene rings is 2. The first kappa shape index (κ1) is 14.8. The minimum absolute atomic E-state index is 0.158. The van der Waals surface area contributed by atoms with E-state index in [1.165, 1.54) is 10.8 Å². The van der Waals surface area contributed by atoms with Gasteiger partial charge in [-0.3, -0.25) is 0 Å². The average molecular weight is 309 g/mol. The topological polar surface area (TPSA) is 70.2 Å². The summed E-state index contributed by atoms with van der Waals surface area (Å²) in [6.07, 6.45) is 3.02. The van der Waals surface area contributed by atoms with Gasteiger partial charge in [-0.05, 0) is 28.2 Å². The van der Waals surface area contributed by atoms with Crippen LogP contribution in [0.2, 0.25) is 0 Å². The van der Waals surface area contributed by atoms with Crippen molar-refractivity contribution in [2.45, 2.75) is 13.2 Å². The summed E-state index contributed by atoms with van der Waals surface area (Å²) in [4.78, 5) is 14.1. The van der Waals surface area contributed by atoms with E-state index in [4.69, 9.17) is 4.74 Å². The Bertz CT molecular complexity index is 782. The van der Waals surface area contributed by atoms with E-state index in [0.717, 1.165) is 16.9 Å². The Morgan fingerprint density at radius 1 is 1.04 bits per heavy atom. The van der Waals surface area contributed by atoms with E-state index in [0.29, 0.717) is 13.2 Å². The standard InChI is InChI=1S/C17H15N3O3/c21-20(22)17-18-10-11-19(17)12-14-6-8-16(9-7-14)23-13-15-4-2-1-3-5-15/h1-11H,12-13H2. The van der Waals surface area contributed by atoms with Gasteiger partial charge in [0.15, 0.2) is 0 Å². The van der Waals surface area contributed by atoms with E-state index >= 15 is 0 Å². The smallest absolute Gasteiger partial charge is 0.434 e. The number of rotatable bonds is 6. The largest absolute Gasteiger partial charge is 0.489 e. The highest BCUT2D eigenvalue weighted by Gasteiger charge is 2.13. The fourth-order valence-electron chi connectivity index (χ4n) is 2.23. The molecule has 6 heteroatoms. The Labute approximate surface area is 133 Å². The molecular weight excluding hydrogens is 294 g/mol. The van der Waals surface area contributed by atoms with Gasteiger partial charge in [0.25, 0.3) is 0 Å². The number of nitro groups is 1.